The van der Waals surface area contributed by atoms with Crippen LogP contribution in [0, 0.1) is 5.92 Å². The van der Waals surface area contributed by atoms with Crippen LogP contribution in [-0.4, -0.2) is 38.6 Å². The van der Waals surface area contributed by atoms with E-state index in [9.17, 15) is 4.79 Å². The molecule has 1 fully saturated rings. The van der Waals surface area contributed by atoms with E-state index in [1.165, 1.54) is 0 Å². The van der Waals surface area contributed by atoms with E-state index in [1.807, 2.05) is 31.7 Å². The van der Waals surface area contributed by atoms with E-state index < -0.39 is 0 Å². The molecule has 0 radical (unpaired) electrons. The summed E-state index contributed by atoms with van der Waals surface area (Å²) in [6.07, 6.45) is 7.73. The van der Waals surface area contributed by atoms with Gasteiger partial charge in [0.1, 0.15) is 5.78 Å². The van der Waals surface area contributed by atoms with Gasteiger partial charge >= 0.3 is 0 Å². The molecular weight excluding hydrogens is 290 g/mol. The van der Waals surface area contributed by atoms with E-state index >= 15 is 0 Å². The van der Waals surface area contributed by atoms with Crippen molar-refractivity contribution in [2.45, 2.75) is 6.42 Å². The summed E-state index contributed by atoms with van der Waals surface area (Å²) >= 11 is 0. The molecule has 0 aliphatic carbocycles. The maximum atomic E-state index is 12.1. The number of nitrogens with zero attached hydrogens (tertiary/aromatic N) is 4. The van der Waals surface area contributed by atoms with Crippen LogP contribution in [0.5, 0.6) is 0 Å². The third-order valence-corrected chi connectivity index (χ3v) is 4.25. The highest BCUT2D eigenvalue weighted by Crippen LogP contribution is 2.22. The smallest absolute Gasteiger partial charge is 0.144 e. The van der Waals surface area contributed by atoms with Gasteiger partial charge in [-0.2, -0.15) is 5.10 Å². The fraction of sp³-hybridized carbons (Fsp3) is 0.294. The highest BCUT2D eigenvalue weighted by Gasteiger charge is 2.24. The number of ketones is 1. The zero-order chi connectivity index (χ0) is 15.8. The number of fused-ring (bicyclic) bond motifs is 1. The molecule has 1 N–H and O–H groups in total. The van der Waals surface area contributed by atoms with Crippen LogP contribution in [0.2, 0.25) is 0 Å². The molecule has 0 unspecified atom stereocenters. The van der Waals surface area contributed by atoms with Crippen LogP contribution in [0.4, 0.5) is 0 Å². The first-order valence-corrected chi connectivity index (χ1v) is 7.66. The van der Waals surface area contributed by atoms with Crippen LogP contribution in [0.25, 0.3) is 22.0 Å². The van der Waals surface area contributed by atoms with Crippen molar-refractivity contribution in [2.24, 2.45) is 13.0 Å². The van der Waals surface area contributed by atoms with Gasteiger partial charge in [-0.15, -0.1) is 0 Å². The molecule has 0 bridgehead atoms. The predicted octanol–water partition coefficient (Wildman–Crippen LogP) is 1.36. The van der Waals surface area contributed by atoms with Gasteiger partial charge in [-0.25, -0.2) is 0 Å². The maximum Gasteiger partial charge on any atom is 0.144 e. The van der Waals surface area contributed by atoms with Gasteiger partial charge in [0.25, 0.3) is 0 Å². The van der Waals surface area contributed by atoms with Crippen LogP contribution >= 0.6 is 0 Å². The molecule has 4 rings (SSSR count). The summed E-state index contributed by atoms with van der Waals surface area (Å²) in [4.78, 5) is 20.9. The molecule has 1 aliphatic heterocycles. The first kappa shape index (κ1) is 14.0. The number of carbonyl (C=O) groups is 1. The molecule has 0 spiro atoms. The lowest BCUT2D eigenvalue weighted by Crippen LogP contribution is -2.47. The van der Waals surface area contributed by atoms with Gasteiger partial charge in [-0.1, -0.05) is 0 Å². The fourth-order valence-electron chi connectivity index (χ4n) is 2.74. The van der Waals surface area contributed by atoms with Crippen LogP contribution in [0.1, 0.15) is 5.69 Å². The second-order valence-electron chi connectivity index (χ2n) is 5.99. The Labute approximate surface area is 133 Å². The molecule has 1 saturated heterocycles. The fourth-order valence-corrected chi connectivity index (χ4v) is 2.74. The van der Waals surface area contributed by atoms with Gasteiger partial charge in [-0.05, 0) is 12.1 Å². The summed E-state index contributed by atoms with van der Waals surface area (Å²) < 4.78 is 1.77. The number of hydrogen-bond acceptors (Lipinski definition) is 5. The number of rotatable bonds is 4. The summed E-state index contributed by atoms with van der Waals surface area (Å²) in [6, 6.07) is 4.03. The van der Waals surface area contributed by atoms with Crippen molar-refractivity contribution >= 4 is 16.7 Å². The Morgan fingerprint density at radius 3 is 2.78 bits per heavy atom. The number of pyridine rings is 2. The van der Waals surface area contributed by atoms with Crippen LogP contribution < -0.4 is 5.32 Å². The standard InChI is InChI=1S/C17H17N5O/c1-22-10-14(8-21-22)12-2-11-3-15(19-9-16(11)20-7-12)4-17(23)13-5-18-6-13/h2-3,7-10,13,18H,4-6H2,1H3. The van der Waals surface area contributed by atoms with Gasteiger partial charge in [-0.3, -0.25) is 19.4 Å². The summed E-state index contributed by atoms with van der Waals surface area (Å²) in [5, 5.41) is 8.31. The molecule has 3 aromatic rings. The number of nitrogens with one attached hydrogen (secondary N) is 1. The number of Topliss-reactive ketones (excluding diaryl/α,β-unsaturated/α-hetero) is 1. The lowest BCUT2D eigenvalue weighted by atomic mass is 9.94. The third-order valence-electron chi connectivity index (χ3n) is 4.25. The van der Waals surface area contributed by atoms with E-state index in [-0.39, 0.29) is 11.7 Å². The van der Waals surface area contributed by atoms with E-state index in [4.69, 9.17) is 0 Å². The molecule has 6 nitrogen and oxygen atoms in total. The van der Waals surface area contributed by atoms with Gasteiger partial charge in [0.2, 0.25) is 0 Å². The first-order valence-electron chi connectivity index (χ1n) is 7.66. The Hall–Kier alpha value is -2.60. The molecule has 116 valence electrons. The van der Waals surface area contributed by atoms with E-state index in [2.05, 4.69) is 26.4 Å². The molecule has 1 aliphatic rings. The second kappa shape index (κ2) is 5.55. The maximum absolute atomic E-state index is 12.1. The number of aromatic nitrogens is 4. The van der Waals surface area contributed by atoms with Crippen molar-refractivity contribution in [1.29, 1.82) is 0 Å². The molecular formula is C17H17N5O. The molecule has 0 saturated carbocycles. The molecule has 4 heterocycles. The first-order chi connectivity index (χ1) is 11.2. The zero-order valence-electron chi connectivity index (χ0n) is 12.9. The number of hydrogen-bond donors (Lipinski definition) is 1. The van der Waals surface area contributed by atoms with Crippen molar-refractivity contribution in [3.05, 3.63) is 42.6 Å². The van der Waals surface area contributed by atoms with Crippen molar-refractivity contribution in [3.8, 4) is 11.1 Å². The normalized spacial score (nSPS) is 14.8. The topological polar surface area (TPSA) is 72.7 Å². The van der Waals surface area contributed by atoms with Crippen LogP contribution in [0.3, 0.4) is 0 Å². The Bertz CT molecular complexity index is 882. The van der Waals surface area contributed by atoms with Crippen molar-refractivity contribution < 1.29 is 4.79 Å². The quantitative estimate of drug-likeness (QED) is 0.788. The number of aryl methyl sites for hydroxylation is 1. The summed E-state index contributed by atoms with van der Waals surface area (Å²) in [6.45, 7) is 1.58. The Morgan fingerprint density at radius 1 is 1.22 bits per heavy atom. The minimum atomic E-state index is 0.146. The molecule has 3 aromatic heterocycles. The summed E-state index contributed by atoms with van der Waals surface area (Å²) in [5.41, 5.74) is 3.67. The minimum Gasteiger partial charge on any atom is -0.315 e. The average molecular weight is 307 g/mol. The summed E-state index contributed by atoms with van der Waals surface area (Å²) in [7, 11) is 1.89. The van der Waals surface area contributed by atoms with Crippen LogP contribution in [0.15, 0.2) is 36.9 Å². The highest BCUT2D eigenvalue weighted by molar-refractivity contribution is 5.87. The lowest BCUT2D eigenvalue weighted by molar-refractivity contribution is -0.123. The zero-order valence-corrected chi connectivity index (χ0v) is 12.9. The predicted molar refractivity (Wildman–Crippen MR) is 86.8 cm³/mol. The van der Waals surface area contributed by atoms with E-state index in [0.717, 1.165) is 40.8 Å². The Kier molecular flexibility index (Phi) is 3.38. The Morgan fingerprint density at radius 2 is 2.09 bits per heavy atom. The SMILES string of the molecule is Cn1cc(-c2cnc3cnc(CC(=O)C4CNC4)cc3c2)cn1. The average Bonchev–Trinajstić information content (AvgIpc) is 2.91. The molecule has 0 aromatic carbocycles. The van der Waals surface area contributed by atoms with E-state index in [0.29, 0.717) is 6.42 Å². The minimum absolute atomic E-state index is 0.146. The molecule has 23 heavy (non-hydrogen) atoms. The largest absolute Gasteiger partial charge is 0.315 e. The highest BCUT2D eigenvalue weighted by atomic mass is 16.1. The Balaban J connectivity index is 1.65. The second-order valence-corrected chi connectivity index (χ2v) is 5.99. The van der Waals surface area contributed by atoms with Crippen molar-refractivity contribution in [3.63, 3.8) is 0 Å². The van der Waals surface area contributed by atoms with Gasteiger partial charge in [0, 0.05) is 67.1 Å². The molecule has 6 heteroatoms. The number of carbonyl (C=O) groups excluding carboxylic acids is 1. The van der Waals surface area contributed by atoms with E-state index in [1.54, 1.807) is 10.9 Å². The third kappa shape index (κ3) is 2.73. The lowest BCUT2D eigenvalue weighted by Gasteiger charge is -2.25. The van der Waals surface area contributed by atoms with Gasteiger partial charge in [0.15, 0.2) is 0 Å². The molecule has 0 atom stereocenters. The monoisotopic (exact) mass is 307 g/mol. The van der Waals surface area contributed by atoms with Gasteiger partial charge in [0.05, 0.1) is 17.9 Å². The summed E-state index contributed by atoms with van der Waals surface area (Å²) in [5.74, 6) is 0.402. The van der Waals surface area contributed by atoms with Crippen molar-refractivity contribution in [2.75, 3.05) is 13.1 Å². The van der Waals surface area contributed by atoms with Crippen LogP contribution in [-0.2, 0) is 18.3 Å². The molecule has 0 amide bonds. The van der Waals surface area contributed by atoms with Crippen molar-refractivity contribution in [1.82, 2.24) is 25.1 Å². The van der Waals surface area contributed by atoms with Gasteiger partial charge < -0.3 is 5.32 Å².